The number of nitrogens with zero attached hydrogens (tertiary/aromatic N) is 4. The summed E-state index contributed by atoms with van der Waals surface area (Å²) in [5.74, 6) is 0.908. The quantitative estimate of drug-likeness (QED) is 0.920. The minimum absolute atomic E-state index is 0.743. The van der Waals surface area contributed by atoms with Crippen molar-refractivity contribution in [2.75, 3.05) is 37.0 Å². The Morgan fingerprint density at radius 2 is 1.90 bits per heavy atom. The van der Waals surface area contributed by atoms with Crippen molar-refractivity contribution in [2.24, 2.45) is 0 Å². The van der Waals surface area contributed by atoms with Crippen LogP contribution < -0.4 is 15.1 Å². The van der Waals surface area contributed by atoms with E-state index in [0.717, 1.165) is 31.1 Å². The molecule has 0 saturated heterocycles. The SMILES string of the molecule is CNCc1cnc(N2CCN(C)c3ccccc32)cn1. The highest BCUT2D eigenvalue weighted by Crippen LogP contribution is 2.35. The molecule has 0 aliphatic carbocycles. The van der Waals surface area contributed by atoms with Crippen molar-refractivity contribution in [2.45, 2.75) is 6.54 Å². The van der Waals surface area contributed by atoms with Crippen molar-refractivity contribution in [1.82, 2.24) is 15.3 Å². The van der Waals surface area contributed by atoms with E-state index in [4.69, 9.17) is 0 Å². The molecule has 0 saturated carbocycles. The van der Waals surface area contributed by atoms with Crippen LogP contribution in [0.25, 0.3) is 0 Å². The van der Waals surface area contributed by atoms with Crippen LogP contribution in [0.3, 0.4) is 0 Å². The Hall–Kier alpha value is -2.14. The lowest BCUT2D eigenvalue weighted by molar-refractivity contribution is 0.775. The summed E-state index contributed by atoms with van der Waals surface area (Å²) in [6, 6.07) is 8.41. The molecule has 104 valence electrons. The fourth-order valence-electron chi connectivity index (χ4n) is 2.50. The zero-order valence-electron chi connectivity index (χ0n) is 11.9. The predicted octanol–water partition coefficient (Wildman–Crippen LogP) is 1.78. The molecule has 0 spiro atoms. The Balaban J connectivity index is 1.93. The second kappa shape index (κ2) is 5.46. The fourth-order valence-corrected chi connectivity index (χ4v) is 2.50. The molecule has 1 N–H and O–H groups in total. The van der Waals surface area contributed by atoms with E-state index in [1.165, 1.54) is 11.4 Å². The van der Waals surface area contributed by atoms with Crippen LogP contribution in [-0.4, -0.2) is 37.2 Å². The van der Waals surface area contributed by atoms with Gasteiger partial charge in [0, 0.05) is 26.7 Å². The highest BCUT2D eigenvalue weighted by molar-refractivity contribution is 5.77. The maximum absolute atomic E-state index is 4.55. The van der Waals surface area contributed by atoms with E-state index in [-0.39, 0.29) is 0 Å². The Morgan fingerprint density at radius 3 is 2.60 bits per heavy atom. The van der Waals surface area contributed by atoms with Crippen LogP contribution in [0, 0.1) is 0 Å². The zero-order chi connectivity index (χ0) is 13.9. The third kappa shape index (κ3) is 2.32. The highest BCUT2D eigenvalue weighted by Gasteiger charge is 2.21. The molecule has 0 fully saturated rings. The Kier molecular flexibility index (Phi) is 3.52. The molecule has 20 heavy (non-hydrogen) atoms. The van der Waals surface area contributed by atoms with E-state index in [0.29, 0.717) is 0 Å². The molecule has 5 nitrogen and oxygen atoms in total. The van der Waals surface area contributed by atoms with Gasteiger partial charge in [-0.25, -0.2) is 4.98 Å². The number of rotatable bonds is 3. The van der Waals surface area contributed by atoms with Gasteiger partial charge in [-0.1, -0.05) is 12.1 Å². The molecular formula is C15H19N5. The maximum atomic E-state index is 4.55. The molecule has 0 amide bonds. The standard InChI is InChI=1S/C15H19N5/c1-16-9-12-10-18-15(11-17-12)20-8-7-19(2)13-5-3-4-6-14(13)20/h3-6,10-11,16H,7-9H2,1-2H3. The second-order valence-corrected chi connectivity index (χ2v) is 4.96. The molecule has 0 atom stereocenters. The predicted molar refractivity (Wildman–Crippen MR) is 81.5 cm³/mol. The topological polar surface area (TPSA) is 44.3 Å². The first-order chi connectivity index (χ1) is 9.79. The van der Waals surface area contributed by atoms with Gasteiger partial charge in [-0.05, 0) is 19.2 Å². The molecule has 1 aliphatic heterocycles. The van der Waals surface area contributed by atoms with Gasteiger partial charge in [0.25, 0.3) is 0 Å². The minimum atomic E-state index is 0.743. The lowest BCUT2D eigenvalue weighted by Crippen LogP contribution is -2.36. The number of likely N-dealkylation sites (N-methyl/N-ethyl adjacent to an activating group) is 1. The number of benzene rings is 1. The summed E-state index contributed by atoms with van der Waals surface area (Å²) < 4.78 is 0. The van der Waals surface area contributed by atoms with Crippen LogP contribution in [0.15, 0.2) is 36.7 Å². The van der Waals surface area contributed by atoms with E-state index in [2.05, 4.69) is 56.4 Å². The molecule has 1 aliphatic rings. The summed E-state index contributed by atoms with van der Waals surface area (Å²) in [7, 11) is 4.03. The number of para-hydroxylation sites is 2. The molecule has 0 unspecified atom stereocenters. The molecule has 2 heterocycles. The van der Waals surface area contributed by atoms with Crippen molar-refractivity contribution in [3.05, 3.63) is 42.4 Å². The third-order valence-electron chi connectivity index (χ3n) is 3.57. The normalized spacial score (nSPS) is 14.3. The van der Waals surface area contributed by atoms with Crippen LogP contribution in [0.5, 0.6) is 0 Å². The third-order valence-corrected chi connectivity index (χ3v) is 3.57. The van der Waals surface area contributed by atoms with Crippen LogP contribution in [-0.2, 0) is 6.54 Å². The van der Waals surface area contributed by atoms with E-state index >= 15 is 0 Å². The summed E-state index contributed by atoms with van der Waals surface area (Å²) in [6.07, 6.45) is 3.70. The first-order valence-corrected chi connectivity index (χ1v) is 6.83. The van der Waals surface area contributed by atoms with Gasteiger partial charge in [-0.3, -0.25) is 4.98 Å². The average molecular weight is 269 g/mol. The smallest absolute Gasteiger partial charge is 0.151 e. The molecule has 1 aromatic carbocycles. The van der Waals surface area contributed by atoms with Gasteiger partial charge in [0.1, 0.15) is 0 Å². The van der Waals surface area contributed by atoms with Crippen molar-refractivity contribution >= 4 is 17.2 Å². The highest BCUT2D eigenvalue weighted by atomic mass is 15.3. The lowest BCUT2D eigenvalue weighted by Gasteiger charge is -2.36. The van der Waals surface area contributed by atoms with Crippen LogP contribution in [0.2, 0.25) is 0 Å². The van der Waals surface area contributed by atoms with Gasteiger partial charge in [0.2, 0.25) is 0 Å². The largest absolute Gasteiger partial charge is 0.371 e. The number of anilines is 3. The number of nitrogens with one attached hydrogen (secondary N) is 1. The molecule has 3 rings (SSSR count). The fraction of sp³-hybridized carbons (Fsp3) is 0.333. The zero-order valence-corrected chi connectivity index (χ0v) is 11.9. The maximum Gasteiger partial charge on any atom is 0.151 e. The van der Waals surface area contributed by atoms with Gasteiger partial charge in [-0.15, -0.1) is 0 Å². The number of aromatic nitrogens is 2. The van der Waals surface area contributed by atoms with Crippen LogP contribution in [0.4, 0.5) is 17.2 Å². The number of hydrogen-bond donors (Lipinski definition) is 1. The Bertz CT molecular complexity index is 581. The van der Waals surface area contributed by atoms with Gasteiger partial charge >= 0.3 is 0 Å². The first-order valence-electron chi connectivity index (χ1n) is 6.83. The minimum Gasteiger partial charge on any atom is -0.371 e. The second-order valence-electron chi connectivity index (χ2n) is 4.96. The number of hydrogen-bond acceptors (Lipinski definition) is 5. The van der Waals surface area contributed by atoms with Crippen molar-refractivity contribution in [3.8, 4) is 0 Å². The van der Waals surface area contributed by atoms with E-state index in [9.17, 15) is 0 Å². The van der Waals surface area contributed by atoms with E-state index in [1.54, 1.807) is 0 Å². The summed E-state index contributed by atoms with van der Waals surface area (Å²) >= 11 is 0. The van der Waals surface area contributed by atoms with E-state index in [1.807, 2.05) is 19.4 Å². The molecular weight excluding hydrogens is 250 g/mol. The van der Waals surface area contributed by atoms with Crippen LogP contribution in [0.1, 0.15) is 5.69 Å². The monoisotopic (exact) mass is 269 g/mol. The molecule has 5 heteroatoms. The summed E-state index contributed by atoms with van der Waals surface area (Å²) in [4.78, 5) is 13.5. The lowest BCUT2D eigenvalue weighted by atomic mass is 10.2. The average Bonchev–Trinajstić information content (AvgIpc) is 2.49. The van der Waals surface area contributed by atoms with Gasteiger partial charge < -0.3 is 15.1 Å². The Morgan fingerprint density at radius 1 is 1.10 bits per heavy atom. The van der Waals surface area contributed by atoms with Gasteiger partial charge in [-0.2, -0.15) is 0 Å². The van der Waals surface area contributed by atoms with Crippen molar-refractivity contribution in [1.29, 1.82) is 0 Å². The van der Waals surface area contributed by atoms with Crippen LogP contribution >= 0.6 is 0 Å². The first kappa shape index (κ1) is 12.9. The van der Waals surface area contributed by atoms with Gasteiger partial charge in [0.15, 0.2) is 5.82 Å². The summed E-state index contributed by atoms with van der Waals surface area (Å²) in [5.41, 5.74) is 3.38. The van der Waals surface area contributed by atoms with Crippen molar-refractivity contribution < 1.29 is 0 Å². The summed E-state index contributed by atoms with van der Waals surface area (Å²) in [5, 5.41) is 3.08. The molecule has 0 radical (unpaired) electrons. The Labute approximate surface area is 119 Å². The molecule has 2 aromatic rings. The molecule has 1 aromatic heterocycles. The van der Waals surface area contributed by atoms with Gasteiger partial charge in [0.05, 0.1) is 29.5 Å². The summed E-state index contributed by atoms with van der Waals surface area (Å²) in [6.45, 7) is 2.65. The van der Waals surface area contributed by atoms with E-state index < -0.39 is 0 Å². The number of fused-ring (bicyclic) bond motifs is 1. The van der Waals surface area contributed by atoms with Crippen molar-refractivity contribution in [3.63, 3.8) is 0 Å². The molecule has 0 bridgehead atoms.